The molecule has 32 heavy (non-hydrogen) atoms. The minimum Gasteiger partial charge on any atom is -0.496 e. The van der Waals surface area contributed by atoms with E-state index in [9.17, 15) is 0 Å². The number of pyridine rings is 1. The van der Waals surface area contributed by atoms with Crippen molar-refractivity contribution in [3.05, 3.63) is 95.5 Å². The highest BCUT2D eigenvalue weighted by Gasteiger charge is 2.29. The van der Waals surface area contributed by atoms with E-state index in [1.807, 2.05) is 12.3 Å². The van der Waals surface area contributed by atoms with Crippen LogP contribution in [0.2, 0.25) is 0 Å². The molecule has 0 saturated carbocycles. The molecule has 0 bridgehead atoms. The molecule has 2 unspecified atom stereocenters. The largest absolute Gasteiger partial charge is 0.496 e. The molecule has 3 heterocycles. The average Bonchev–Trinajstić information content (AvgIpc) is 2.83. The zero-order chi connectivity index (χ0) is 22.1. The van der Waals surface area contributed by atoms with E-state index in [4.69, 9.17) is 14.5 Å². The summed E-state index contributed by atoms with van der Waals surface area (Å²) in [6.45, 7) is 5.93. The summed E-state index contributed by atoms with van der Waals surface area (Å²) in [5, 5.41) is 3.60. The van der Waals surface area contributed by atoms with Crippen molar-refractivity contribution in [3.63, 3.8) is 0 Å². The summed E-state index contributed by atoms with van der Waals surface area (Å²) in [6.07, 6.45) is 10.8. The van der Waals surface area contributed by atoms with Gasteiger partial charge in [-0.2, -0.15) is 0 Å². The third-order valence-corrected chi connectivity index (χ3v) is 6.19. The summed E-state index contributed by atoms with van der Waals surface area (Å²) >= 11 is 0. The highest BCUT2D eigenvalue weighted by atomic mass is 16.5. The third kappa shape index (κ3) is 3.84. The molecule has 1 aromatic heterocycles. The van der Waals surface area contributed by atoms with Crippen LogP contribution in [0.15, 0.2) is 84.4 Å². The predicted octanol–water partition coefficient (Wildman–Crippen LogP) is 4.56. The number of anilines is 1. The van der Waals surface area contributed by atoms with Gasteiger partial charge in [0.25, 0.3) is 0 Å². The first-order valence-electron chi connectivity index (χ1n) is 11.2. The fourth-order valence-electron chi connectivity index (χ4n) is 4.82. The van der Waals surface area contributed by atoms with E-state index in [-0.39, 0.29) is 18.2 Å². The van der Waals surface area contributed by atoms with Crippen molar-refractivity contribution in [1.29, 1.82) is 0 Å². The Bertz CT molecular complexity index is 1090. The highest BCUT2D eigenvalue weighted by Crippen LogP contribution is 2.37. The molecule has 1 fully saturated rings. The lowest BCUT2D eigenvalue weighted by molar-refractivity contribution is -0.00545. The minimum atomic E-state index is 0.0599. The second kappa shape index (κ2) is 8.67. The maximum absolute atomic E-state index is 5.92. The highest BCUT2D eigenvalue weighted by molar-refractivity contribution is 5.85. The van der Waals surface area contributed by atoms with Gasteiger partial charge in [-0.05, 0) is 37.1 Å². The number of hydrogen-bond acceptors (Lipinski definition) is 5. The van der Waals surface area contributed by atoms with Gasteiger partial charge < -0.3 is 19.7 Å². The van der Waals surface area contributed by atoms with Crippen LogP contribution in [0.4, 0.5) is 5.82 Å². The van der Waals surface area contributed by atoms with Crippen molar-refractivity contribution in [3.8, 4) is 0 Å². The Morgan fingerprint density at radius 2 is 1.81 bits per heavy atom. The van der Waals surface area contributed by atoms with E-state index in [0.29, 0.717) is 0 Å². The van der Waals surface area contributed by atoms with Crippen LogP contribution in [0.25, 0.3) is 11.1 Å². The van der Waals surface area contributed by atoms with Gasteiger partial charge in [0.1, 0.15) is 11.6 Å². The van der Waals surface area contributed by atoms with E-state index in [0.717, 1.165) is 41.4 Å². The Kier molecular flexibility index (Phi) is 5.58. The van der Waals surface area contributed by atoms with Gasteiger partial charge in [0, 0.05) is 42.2 Å². The fourth-order valence-corrected chi connectivity index (χ4v) is 4.82. The smallest absolute Gasteiger partial charge is 0.133 e. The average molecular weight is 428 g/mol. The van der Waals surface area contributed by atoms with Gasteiger partial charge in [0.2, 0.25) is 0 Å². The standard InChI is InChI=1S/C27H29N3O2/c1-18-16-30(17-19(2)32-18)25-13-12-21(14-28-25)24-15-29-26-22(20-8-5-4-6-9-20)10-7-11-23(26)27(24)31-3/h4-15,18-19,26,29H,16-17H2,1-3H3/t18-,19?,26?/m0/s1. The number of ether oxygens (including phenoxy) is 2. The molecule has 1 saturated heterocycles. The number of rotatable bonds is 4. The monoisotopic (exact) mass is 427 g/mol. The maximum atomic E-state index is 5.92. The van der Waals surface area contributed by atoms with Crippen LogP contribution in [0, 0.1) is 0 Å². The molecule has 2 aliphatic heterocycles. The summed E-state index contributed by atoms with van der Waals surface area (Å²) in [5.74, 6) is 1.87. The molecule has 1 aromatic carbocycles. The minimum absolute atomic E-state index is 0.0599. The van der Waals surface area contributed by atoms with Crippen LogP contribution < -0.4 is 10.2 Å². The van der Waals surface area contributed by atoms with Crippen LogP contribution >= 0.6 is 0 Å². The number of dihydropyridines is 1. The van der Waals surface area contributed by atoms with Gasteiger partial charge in [-0.15, -0.1) is 0 Å². The Hall–Kier alpha value is -3.31. The lowest BCUT2D eigenvalue weighted by Crippen LogP contribution is -2.45. The molecule has 1 aliphatic carbocycles. The van der Waals surface area contributed by atoms with Gasteiger partial charge in [-0.1, -0.05) is 48.6 Å². The number of hydrogen-bond donors (Lipinski definition) is 1. The summed E-state index contributed by atoms with van der Waals surface area (Å²) in [6, 6.07) is 14.8. The fraction of sp³-hybridized carbons (Fsp3) is 0.296. The molecule has 3 aliphatic rings. The van der Waals surface area contributed by atoms with Crippen LogP contribution in [0.5, 0.6) is 0 Å². The van der Waals surface area contributed by atoms with Gasteiger partial charge >= 0.3 is 0 Å². The molecule has 164 valence electrons. The molecule has 0 amide bonds. The Morgan fingerprint density at radius 3 is 2.50 bits per heavy atom. The molecular formula is C27H29N3O2. The van der Waals surface area contributed by atoms with E-state index in [1.54, 1.807) is 7.11 Å². The molecule has 5 heteroatoms. The first-order valence-corrected chi connectivity index (χ1v) is 11.2. The molecule has 0 spiro atoms. The van der Waals surface area contributed by atoms with E-state index in [2.05, 4.69) is 84.9 Å². The van der Waals surface area contributed by atoms with Crippen LogP contribution in [-0.2, 0) is 9.47 Å². The molecule has 1 N–H and O–H groups in total. The van der Waals surface area contributed by atoms with Gasteiger partial charge in [-0.3, -0.25) is 0 Å². The molecule has 0 radical (unpaired) electrons. The maximum Gasteiger partial charge on any atom is 0.133 e. The second-order valence-corrected chi connectivity index (χ2v) is 8.56. The topological polar surface area (TPSA) is 46.6 Å². The lowest BCUT2D eigenvalue weighted by Gasteiger charge is -2.36. The lowest BCUT2D eigenvalue weighted by atomic mass is 9.84. The first-order chi connectivity index (χ1) is 15.6. The number of nitrogens with zero attached hydrogens (tertiary/aromatic N) is 2. The molecule has 2 aromatic rings. The Labute approximate surface area is 189 Å². The van der Waals surface area contributed by atoms with Gasteiger partial charge in [-0.25, -0.2) is 4.98 Å². The normalized spacial score (nSPS) is 25.0. The van der Waals surface area contributed by atoms with E-state index < -0.39 is 0 Å². The Balaban J connectivity index is 1.42. The first kappa shape index (κ1) is 20.6. The summed E-state index contributed by atoms with van der Waals surface area (Å²) < 4.78 is 11.8. The zero-order valence-corrected chi connectivity index (χ0v) is 18.8. The SMILES string of the molecule is COC1=C2C=CC=C(c3ccccc3)C2NC=C1c1ccc(N2CC(C)O[C@@H](C)C2)nc1. The van der Waals surface area contributed by atoms with Gasteiger partial charge in [0.05, 0.1) is 25.4 Å². The number of fused-ring (bicyclic) bond motifs is 1. The summed E-state index contributed by atoms with van der Waals surface area (Å²) in [4.78, 5) is 7.07. The second-order valence-electron chi connectivity index (χ2n) is 8.56. The molecule has 3 atom stereocenters. The number of benzene rings is 1. The third-order valence-electron chi connectivity index (χ3n) is 6.19. The molecule has 5 rings (SSSR count). The quantitative estimate of drug-likeness (QED) is 0.775. The van der Waals surface area contributed by atoms with E-state index >= 15 is 0 Å². The molecule has 5 nitrogen and oxygen atoms in total. The summed E-state index contributed by atoms with van der Waals surface area (Å²) in [7, 11) is 1.74. The number of methoxy groups -OCH3 is 1. The van der Waals surface area contributed by atoms with Crippen LogP contribution in [-0.4, -0.2) is 43.4 Å². The number of morpholine rings is 1. The number of nitrogens with one attached hydrogen (secondary N) is 1. The predicted molar refractivity (Wildman–Crippen MR) is 129 cm³/mol. The number of allylic oxidation sites excluding steroid dienone is 3. The number of aromatic nitrogens is 1. The van der Waals surface area contributed by atoms with Crippen molar-refractivity contribution in [2.75, 3.05) is 25.1 Å². The summed E-state index contributed by atoms with van der Waals surface area (Å²) in [5.41, 5.74) is 5.62. The van der Waals surface area contributed by atoms with Crippen LogP contribution in [0.1, 0.15) is 25.0 Å². The van der Waals surface area contributed by atoms with Gasteiger partial charge in [0.15, 0.2) is 0 Å². The van der Waals surface area contributed by atoms with Crippen molar-refractivity contribution in [2.24, 2.45) is 0 Å². The van der Waals surface area contributed by atoms with Crippen molar-refractivity contribution in [2.45, 2.75) is 32.1 Å². The van der Waals surface area contributed by atoms with E-state index in [1.165, 1.54) is 11.1 Å². The van der Waals surface area contributed by atoms with Crippen molar-refractivity contribution < 1.29 is 9.47 Å². The molecular weight excluding hydrogens is 398 g/mol. The zero-order valence-electron chi connectivity index (χ0n) is 18.8. The Morgan fingerprint density at radius 1 is 1.03 bits per heavy atom. The van der Waals surface area contributed by atoms with Crippen molar-refractivity contribution in [1.82, 2.24) is 10.3 Å². The van der Waals surface area contributed by atoms with Crippen molar-refractivity contribution >= 4 is 17.0 Å². The van der Waals surface area contributed by atoms with Crippen LogP contribution in [0.3, 0.4) is 0 Å².